The molecule has 0 unspecified atom stereocenters. The molecule has 0 spiro atoms. The molecule has 0 radical (unpaired) electrons. The number of nitrogens with one attached hydrogen (secondary N) is 1. The fraction of sp³-hybridized carbons (Fsp3) is 0. The maximum absolute atomic E-state index is 13.9. The molecule has 2 heterocycles. The number of fused-ring (bicyclic) bond motifs is 1. The molecule has 6 nitrogen and oxygen atoms in total. The van der Waals surface area contributed by atoms with E-state index < -0.39 is 23.2 Å². The topological polar surface area (TPSA) is 94.2 Å². The third-order valence-electron chi connectivity index (χ3n) is 3.10. The molecule has 1 aromatic heterocycles. The predicted octanol–water partition coefficient (Wildman–Crippen LogP) is 1.20. The molecule has 106 valence electrons. The molecule has 2 amide bonds. The van der Waals surface area contributed by atoms with E-state index in [-0.39, 0.29) is 22.6 Å². The molecule has 0 atom stereocenters. The number of pyridine rings is 1. The van der Waals surface area contributed by atoms with Crippen molar-refractivity contribution in [1.82, 2.24) is 9.88 Å². The maximum Gasteiger partial charge on any atom is 0.262 e. The number of anilines is 1. The lowest BCUT2D eigenvalue weighted by molar-refractivity contribution is 0.0880. The van der Waals surface area contributed by atoms with Crippen molar-refractivity contribution in [3.05, 3.63) is 56.0 Å². The summed E-state index contributed by atoms with van der Waals surface area (Å²) < 4.78 is 15.3. The number of benzene rings is 1. The van der Waals surface area contributed by atoms with Crippen molar-refractivity contribution in [2.75, 3.05) is 5.73 Å². The lowest BCUT2D eigenvalue weighted by Gasteiger charge is -2.12. The van der Waals surface area contributed by atoms with E-state index in [9.17, 15) is 18.8 Å². The number of carbonyl (C=O) groups is 2. The van der Waals surface area contributed by atoms with Gasteiger partial charge in [0.25, 0.3) is 17.4 Å². The van der Waals surface area contributed by atoms with E-state index >= 15 is 0 Å². The van der Waals surface area contributed by atoms with E-state index in [0.29, 0.717) is 4.47 Å². The normalized spacial score (nSPS) is 13.2. The van der Waals surface area contributed by atoms with Gasteiger partial charge in [0, 0.05) is 10.5 Å². The highest BCUT2D eigenvalue weighted by Gasteiger charge is 2.32. The number of halogens is 2. The Balaban J connectivity index is 2.38. The summed E-state index contributed by atoms with van der Waals surface area (Å²) in [5.41, 5.74) is 4.77. The maximum atomic E-state index is 13.9. The molecular weight excluding hydrogens is 345 g/mol. The summed E-state index contributed by atoms with van der Waals surface area (Å²) in [6, 6.07) is 4.94. The molecular formula is C13H7BrFN3O3. The van der Waals surface area contributed by atoms with Crippen LogP contribution in [-0.4, -0.2) is 16.4 Å². The molecule has 0 aliphatic carbocycles. The van der Waals surface area contributed by atoms with Crippen molar-refractivity contribution in [3.63, 3.8) is 0 Å². The van der Waals surface area contributed by atoms with Gasteiger partial charge in [0.1, 0.15) is 11.6 Å². The van der Waals surface area contributed by atoms with Gasteiger partial charge >= 0.3 is 0 Å². The van der Waals surface area contributed by atoms with E-state index in [1.54, 1.807) is 0 Å². The van der Waals surface area contributed by atoms with Crippen LogP contribution in [0.4, 0.5) is 10.2 Å². The summed E-state index contributed by atoms with van der Waals surface area (Å²) in [4.78, 5) is 35.4. The molecule has 0 fully saturated rings. The third-order valence-corrected chi connectivity index (χ3v) is 3.60. The quantitative estimate of drug-likeness (QED) is 0.755. The van der Waals surface area contributed by atoms with Crippen molar-refractivity contribution in [2.24, 2.45) is 0 Å². The lowest BCUT2D eigenvalue weighted by Crippen LogP contribution is -2.24. The zero-order valence-electron chi connectivity index (χ0n) is 10.3. The van der Waals surface area contributed by atoms with E-state index in [0.717, 1.165) is 16.7 Å². The smallest absolute Gasteiger partial charge is 0.262 e. The van der Waals surface area contributed by atoms with Crippen molar-refractivity contribution >= 4 is 33.6 Å². The zero-order valence-corrected chi connectivity index (χ0v) is 11.9. The second-order valence-electron chi connectivity index (χ2n) is 4.37. The van der Waals surface area contributed by atoms with Crippen LogP contribution in [0.5, 0.6) is 0 Å². The highest BCUT2D eigenvalue weighted by molar-refractivity contribution is 9.10. The summed E-state index contributed by atoms with van der Waals surface area (Å²) in [5, 5.41) is 2.04. The SMILES string of the molecule is Nc1c2c(cc(=O)n1-c1cc(Br)ccc1F)C(=O)NC2=O. The van der Waals surface area contributed by atoms with Gasteiger partial charge in [-0.15, -0.1) is 0 Å². The van der Waals surface area contributed by atoms with Gasteiger partial charge in [0.15, 0.2) is 0 Å². The van der Waals surface area contributed by atoms with E-state index in [1.807, 2.05) is 5.32 Å². The summed E-state index contributed by atoms with van der Waals surface area (Å²) in [7, 11) is 0. The summed E-state index contributed by atoms with van der Waals surface area (Å²) in [5.74, 6) is -2.37. The molecule has 1 aliphatic rings. The summed E-state index contributed by atoms with van der Waals surface area (Å²) >= 11 is 3.17. The second-order valence-corrected chi connectivity index (χ2v) is 5.29. The molecule has 3 rings (SSSR count). The van der Waals surface area contributed by atoms with Crippen LogP contribution in [0.25, 0.3) is 5.69 Å². The van der Waals surface area contributed by atoms with Gasteiger partial charge < -0.3 is 5.73 Å². The van der Waals surface area contributed by atoms with E-state index in [1.165, 1.54) is 12.1 Å². The standard InChI is InChI=1S/C13H7BrFN3O3/c14-5-1-2-7(15)8(3-5)18-9(19)4-6-10(11(18)16)13(21)17-12(6)20/h1-4H,16H2,(H,17,20,21). The van der Waals surface area contributed by atoms with E-state index in [2.05, 4.69) is 15.9 Å². The molecule has 3 N–H and O–H groups in total. The number of imide groups is 1. The van der Waals surface area contributed by atoms with Gasteiger partial charge in [-0.3, -0.25) is 24.3 Å². The minimum absolute atomic E-state index is 0.103. The first-order valence-electron chi connectivity index (χ1n) is 5.77. The summed E-state index contributed by atoms with van der Waals surface area (Å²) in [6.07, 6.45) is 0. The molecule has 0 saturated heterocycles. The number of nitrogen functional groups attached to an aromatic ring is 1. The first kappa shape index (κ1) is 13.5. The Kier molecular flexibility index (Phi) is 2.91. The molecule has 21 heavy (non-hydrogen) atoms. The van der Waals surface area contributed by atoms with Gasteiger partial charge in [-0.25, -0.2) is 4.39 Å². The Morgan fingerprint density at radius 2 is 1.86 bits per heavy atom. The zero-order chi connectivity index (χ0) is 15.3. The Labute approximate surface area is 125 Å². The largest absolute Gasteiger partial charge is 0.384 e. The van der Waals surface area contributed by atoms with Crippen molar-refractivity contribution in [1.29, 1.82) is 0 Å². The lowest BCUT2D eigenvalue weighted by atomic mass is 10.1. The molecule has 2 aromatic rings. The molecule has 0 saturated carbocycles. The van der Waals surface area contributed by atoms with Gasteiger partial charge in [0.2, 0.25) is 0 Å². The fourth-order valence-electron chi connectivity index (χ4n) is 2.19. The second kappa shape index (κ2) is 4.52. The Hall–Kier alpha value is -2.48. The van der Waals surface area contributed by atoms with Crippen LogP contribution in [0.2, 0.25) is 0 Å². The number of aromatic nitrogens is 1. The number of rotatable bonds is 1. The molecule has 0 bridgehead atoms. The Bertz CT molecular complexity index is 876. The Morgan fingerprint density at radius 3 is 2.57 bits per heavy atom. The van der Waals surface area contributed by atoms with Crippen LogP contribution in [0.3, 0.4) is 0 Å². The van der Waals surface area contributed by atoms with Gasteiger partial charge in [-0.05, 0) is 18.2 Å². The predicted molar refractivity (Wildman–Crippen MR) is 75.9 cm³/mol. The van der Waals surface area contributed by atoms with Crippen LogP contribution in [0.1, 0.15) is 20.7 Å². The van der Waals surface area contributed by atoms with Crippen LogP contribution in [0, 0.1) is 5.82 Å². The van der Waals surface area contributed by atoms with Crippen LogP contribution in [-0.2, 0) is 0 Å². The number of hydrogen-bond acceptors (Lipinski definition) is 4. The first-order chi connectivity index (χ1) is 9.90. The number of amides is 2. The number of hydrogen-bond donors (Lipinski definition) is 2. The van der Waals surface area contributed by atoms with Gasteiger partial charge in [0.05, 0.1) is 16.8 Å². The van der Waals surface area contributed by atoms with Gasteiger partial charge in [-0.1, -0.05) is 15.9 Å². The average Bonchev–Trinajstić information content (AvgIpc) is 2.68. The van der Waals surface area contributed by atoms with Crippen LogP contribution < -0.4 is 16.6 Å². The highest BCUT2D eigenvalue weighted by Crippen LogP contribution is 2.25. The van der Waals surface area contributed by atoms with Crippen LogP contribution in [0.15, 0.2) is 33.5 Å². The summed E-state index contributed by atoms with van der Waals surface area (Å²) in [6.45, 7) is 0. The van der Waals surface area contributed by atoms with Crippen LogP contribution >= 0.6 is 15.9 Å². The van der Waals surface area contributed by atoms with Crippen molar-refractivity contribution in [2.45, 2.75) is 0 Å². The van der Waals surface area contributed by atoms with E-state index in [4.69, 9.17) is 5.73 Å². The highest BCUT2D eigenvalue weighted by atomic mass is 79.9. The number of nitrogens with zero attached hydrogens (tertiary/aromatic N) is 1. The van der Waals surface area contributed by atoms with Crippen molar-refractivity contribution in [3.8, 4) is 5.69 Å². The van der Waals surface area contributed by atoms with Crippen molar-refractivity contribution < 1.29 is 14.0 Å². The number of nitrogens with two attached hydrogens (primary N) is 1. The molecule has 1 aromatic carbocycles. The monoisotopic (exact) mass is 351 g/mol. The molecule has 1 aliphatic heterocycles. The third kappa shape index (κ3) is 1.95. The minimum Gasteiger partial charge on any atom is -0.384 e. The Morgan fingerprint density at radius 1 is 1.14 bits per heavy atom. The number of carbonyl (C=O) groups excluding carboxylic acids is 2. The fourth-order valence-corrected chi connectivity index (χ4v) is 2.53. The van der Waals surface area contributed by atoms with Gasteiger partial charge in [-0.2, -0.15) is 0 Å². The first-order valence-corrected chi connectivity index (χ1v) is 6.56. The minimum atomic E-state index is -0.711. The molecule has 8 heteroatoms. The average molecular weight is 352 g/mol.